The van der Waals surface area contributed by atoms with E-state index in [1.807, 2.05) is 6.07 Å². The van der Waals surface area contributed by atoms with Crippen LogP contribution in [0.1, 0.15) is 12.8 Å². The Morgan fingerprint density at radius 1 is 1.41 bits per heavy atom. The van der Waals surface area contributed by atoms with Gasteiger partial charge < -0.3 is 15.4 Å². The first kappa shape index (κ1) is 20.5. The molecule has 3 heterocycles. The van der Waals surface area contributed by atoms with E-state index in [9.17, 15) is 18.0 Å². The number of ether oxygens (including phenoxy) is 1. The average molecular weight is 457 g/mol. The summed E-state index contributed by atoms with van der Waals surface area (Å²) in [6.45, 7) is 1.33. The van der Waals surface area contributed by atoms with Crippen LogP contribution in [0.3, 0.4) is 0 Å². The van der Waals surface area contributed by atoms with E-state index in [4.69, 9.17) is 4.74 Å². The Morgan fingerprint density at radius 2 is 2.28 bits per heavy atom. The molecule has 156 valence electrons. The van der Waals surface area contributed by atoms with E-state index in [2.05, 4.69) is 20.3 Å². The molecule has 2 fully saturated rings. The fraction of sp³-hybridized carbons (Fsp3) is 0.471. The molecule has 0 bridgehead atoms. The highest BCUT2D eigenvalue weighted by Gasteiger charge is 2.28. The lowest BCUT2D eigenvalue weighted by atomic mass is 10.1. The van der Waals surface area contributed by atoms with Crippen molar-refractivity contribution in [1.29, 1.82) is 0 Å². The predicted octanol–water partition coefficient (Wildman–Crippen LogP) is 1.13. The van der Waals surface area contributed by atoms with E-state index < -0.39 is 10.0 Å². The number of benzene rings is 1. The van der Waals surface area contributed by atoms with Crippen molar-refractivity contribution < 1.29 is 22.7 Å². The molecule has 2 unspecified atom stereocenters. The van der Waals surface area contributed by atoms with Gasteiger partial charge in [0.15, 0.2) is 4.34 Å². The van der Waals surface area contributed by atoms with Crippen molar-refractivity contribution in [2.45, 2.75) is 23.2 Å². The van der Waals surface area contributed by atoms with Gasteiger partial charge in [0.05, 0.1) is 22.7 Å². The highest BCUT2D eigenvalue weighted by molar-refractivity contribution is 8.12. The Morgan fingerprint density at radius 3 is 3.00 bits per heavy atom. The minimum absolute atomic E-state index is 0.115. The Bertz CT molecular complexity index is 1030. The van der Waals surface area contributed by atoms with Gasteiger partial charge in [-0.05, 0) is 24.6 Å². The number of nitrogens with zero attached hydrogens (tertiary/aromatic N) is 1. The molecule has 0 saturated carbocycles. The fourth-order valence-corrected chi connectivity index (χ4v) is 6.95. The van der Waals surface area contributed by atoms with E-state index >= 15 is 0 Å². The number of hydrogen-bond donors (Lipinski definition) is 3. The zero-order valence-corrected chi connectivity index (χ0v) is 17.8. The van der Waals surface area contributed by atoms with Crippen molar-refractivity contribution in [3.8, 4) is 0 Å². The number of anilines is 1. The lowest BCUT2D eigenvalue weighted by Crippen LogP contribution is -2.35. The molecule has 0 radical (unpaired) electrons. The second-order valence-electron chi connectivity index (χ2n) is 6.91. The normalized spacial score (nSPS) is 22.1. The number of sulfonamides is 1. The predicted molar refractivity (Wildman–Crippen MR) is 111 cm³/mol. The third-order valence-corrected chi connectivity index (χ3v) is 8.76. The lowest BCUT2D eigenvalue weighted by Gasteiger charge is -2.10. The average Bonchev–Trinajstić information content (AvgIpc) is 3.40. The van der Waals surface area contributed by atoms with Gasteiger partial charge in [0.2, 0.25) is 21.8 Å². The summed E-state index contributed by atoms with van der Waals surface area (Å²) < 4.78 is 33.7. The van der Waals surface area contributed by atoms with Crippen LogP contribution in [0.5, 0.6) is 0 Å². The van der Waals surface area contributed by atoms with Crippen molar-refractivity contribution in [3.05, 3.63) is 18.2 Å². The van der Waals surface area contributed by atoms with Gasteiger partial charge in [-0.25, -0.2) is 18.1 Å². The molecule has 2 atom stereocenters. The number of fused-ring (bicyclic) bond motifs is 1. The first-order valence-corrected chi connectivity index (χ1v) is 12.5. The Balaban J connectivity index is 1.37. The van der Waals surface area contributed by atoms with Crippen molar-refractivity contribution in [2.75, 3.05) is 30.2 Å². The van der Waals surface area contributed by atoms with E-state index in [-0.39, 0.29) is 35.3 Å². The maximum Gasteiger partial charge on any atom is 0.229 e. The Hall–Kier alpha value is -1.73. The van der Waals surface area contributed by atoms with Crippen LogP contribution in [0, 0.1) is 5.92 Å². The number of thiazole rings is 1. The van der Waals surface area contributed by atoms with Crippen molar-refractivity contribution in [3.63, 3.8) is 0 Å². The van der Waals surface area contributed by atoms with E-state index in [1.54, 1.807) is 12.1 Å². The molecule has 1 aromatic carbocycles. The molecule has 2 aliphatic heterocycles. The smallest absolute Gasteiger partial charge is 0.229 e. The number of amides is 2. The van der Waals surface area contributed by atoms with Gasteiger partial charge >= 0.3 is 0 Å². The Labute approximate surface area is 176 Å². The molecule has 29 heavy (non-hydrogen) atoms. The van der Waals surface area contributed by atoms with Gasteiger partial charge in [0.1, 0.15) is 5.08 Å². The summed E-state index contributed by atoms with van der Waals surface area (Å²) in [4.78, 5) is 28.0. The quantitative estimate of drug-likeness (QED) is 0.533. The Kier molecular flexibility index (Phi) is 6.06. The minimum atomic E-state index is -3.43. The van der Waals surface area contributed by atoms with Gasteiger partial charge in [0.25, 0.3) is 0 Å². The van der Waals surface area contributed by atoms with E-state index in [0.29, 0.717) is 36.2 Å². The summed E-state index contributed by atoms with van der Waals surface area (Å²) in [5.41, 5.74) is 1.36. The molecule has 2 amide bonds. The van der Waals surface area contributed by atoms with Crippen LogP contribution in [0.4, 0.5) is 5.69 Å². The molecule has 4 rings (SSSR count). The SMILES string of the molecule is O=C1CC(C(=O)Nc2ccc3nc(SCS(=O)(=O)NC4CCOC4)sc3c2)CN1. The fourth-order valence-electron chi connectivity index (χ4n) is 3.12. The molecule has 2 saturated heterocycles. The summed E-state index contributed by atoms with van der Waals surface area (Å²) in [6.07, 6.45) is 0.884. The van der Waals surface area contributed by atoms with Crippen LogP contribution in [0.2, 0.25) is 0 Å². The van der Waals surface area contributed by atoms with E-state index in [1.165, 1.54) is 11.3 Å². The molecule has 1 aromatic heterocycles. The summed E-state index contributed by atoms with van der Waals surface area (Å²) in [5, 5.41) is 5.36. The minimum Gasteiger partial charge on any atom is -0.380 e. The first-order valence-electron chi connectivity index (χ1n) is 9.07. The summed E-state index contributed by atoms with van der Waals surface area (Å²) in [6, 6.07) is 5.18. The number of carbonyl (C=O) groups excluding carboxylic acids is 2. The second kappa shape index (κ2) is 8.56. The number of thioether (sulfide) groups is 1. The first-order chi connectivity index (χ1) is 13.9. The van der Waals surface area contributed by atoms with Gasteiger partial charge in [-0.2, -0.15) is 0 Å². The highest BCUT2D eigenvalue weighted by atomic mass is 32.3. The van der Waals surface area contributed by atoms with Crippen molar-refractivity contribution in [1.82, 2.24) is 15.0 Å². The van der Waals surface area contributed by atoms with Crippen LogP contribution in [-0.4, -0.2) is 56.1 Å². The zero-order chi connectivity index (χ0) is 20.4. The summed E-state index contributed by atoms with van der Waals surface area (Å²) in [7, 11) is -3.43. The summed E-state index contributed by atoms with van der Waals surface area (Å²) in [5.74, 6) is -0.682. The largest absolute Gasteiger partial charge is 0.380 e. The van der Waals surface area contributed by atoms with Crippen molar-refractivity contribution >= 4 is 60.8 Å². The number of nitrogens with one attached hydrogen (secondary N) is 3. The molecule has 3 N–H and O–H groups in total. The topological polar surface area (TPSA) is 126 Å². The van der Waals surface area contributed by atoms with Crippen LogP contribution < -0.4 is 15.4 Å². The highest BCUT2D eigenvalue weighted by Crippen LogP contribution is 2.32. The number of hydrogen-bond acceptors (Lipinski definition) is 8. The molecule has 2 aliphatic rings. The van der Waals surface area contributed by atoms with Gasteiger partial charge in [-0.1, -0.05) is 11.8 Å². The molecule has 9 nitrogen and oxygen atoms in total. The monoisotopic (exact) mass is 456 g/mol. The third kappa shape index (κ3) is 5.25. The summed E-state index contributed by atoms with van der Waals surface area (Å²) >= 11 is 2.53. The molecule has 0 aliphatic carbocycles. The standard InChI is InChI=1S/C17H20N4O5S3/c22-15-5-10(7-18-15)16(23)19-11-1-2-13-14(6-11)28-17(20-13)27-9-29(24,25)21-12-3-4-26-8-12/h1-2,6,10,12,21H,3-5,7-9H2,(H,18,22)(H,19,23). The maximum absolute atomic E-state index is 12.3. The molecular weight excluding hydrogens is 436 g/mol. The van der Waals surface area contributed by atoms with E-state index in [0.717, 1.165) is 22.0 Å². The molecule has 0 spiro atoms. The van der Waals surface area contributed by atoms with Gasteiger partial charge in [-0.15, -0.1) is 11.3 Å². The third-order valence-electron chi connectivity index (χ3n) is 4.60. The molecule has 2 aromatic rings. The number of rotatable bonds is 7. The lowest BCUT2D eigenvalue weighted by molar-refractivity contribution is -0.123. The second-order valence-corrected chi connectivity index (χ2v) is 11.3. The van der Waals surface area contributed by atoms with Crippen molar-refractivity contribution in [2.24, 2.45) is 5.92 Å². The van der Waals surface area contributed by atoms with Crippen LogP contribution in [0.15, 0.2) is 22.5 Å². The number of aromatic nitrogens is 1. The van der Waals surface area contributed by atoms with Crippen LogP contribution in [0.25, 0.3) is 10.2 Å². The van der Waals surface area contributed by atoms with Gasteiger partial charge in [0, 0.05) is 31.3 Å². The number of carbonyl (C=O) groups is 2. The molecular formula is C17H20N4O5S3. The zero-order valence-electron chi connectivity index (χ0n) is 15.3. The van der Waals surface area contributed by atoms with Crippen LogP contribution in [-0.2, 0) is 24.3 Å². The maximum atomic E-state index is 12.3. The van der Waals surface area contributed by atoms with Gasteiger partial charge in [-0.3, -0.25) is 9.59 Å². The van der Waals surface area contributed by atoms with Crippen LogP contribution >= 0.6 is 23.1 Å². The molecule has 12 heteroatoms.